The predicted molar refractivity (Wildman–Crippen MR) is 136 cm³/mol. The van der Waals surface area contributed by atoms with Gasteiger partial charge in [-0.15, -0.1) is 11.3 Å². The summed E-state index contributed by atoms with van der Waals surface area (Å²) in [6, 6.07) is 18.4. The van der Waals surface area contributed by atoms with Crippen molar-refractivity contribution in [1.29, 1.82) is 0 Å². The van der Waals surface area contributed by atoms with Crippen molar-refractivity contribution in [3.8, 4) is 10.6 Å². The second-order valence-electron chi connectivity index (χ2n) is 8.71. The molecule has 0 spiro atoms. The SMILES string of the molecule is Cc1ccc2nc(-c3ccc(NC(=O)C4CCCN(S(=O)(=O)c5ccc(F)cc5)C4)cc3)sc2c1. The van der Waals surface area contributed by atoms with Gasteiger partial charge in [-0.2, -0.15) is 4.31 Å². The summed E-state index contributed by atoms with van der Waals surface area (Å²) in [5, 5.41) is 3.83. The van der Waals surface area contributed by atoms with Crippen LogP contribution in [0.3, 0.4) is 0 Å². The molecule has 1 atom stereocenters. The van der Waals surface area contributed by atoms with Gasteiger partial charge in [0.2, 0.25) is 15.9 Å². The number of thiazole rings is 1. The number of aromatic nitrogens is 1. The number of aryl methyl sites for hydroxylation is 1. The molecule has 0 aliphatic carbocycles. The van der Waals surface area contributed by atoms with Gasteiger partial charge in [-0.05, 0) is 86.0 Å². The standard InChI is InChI=1S/C26H24FN3O3S2/c1-17-4-13-23-24(15-17)34-26(29-23)18-5-9-21(10-6-18)28-25(31)19-3-2-14-30(16-19)35(32,33)22-11-7-20(27)8-12-22/h4-13,15,19H,2-3,14,16H2,1H3,(H,28,31). The molecule has 4 aromatic rings. The van der Waals surface area contributed by atoms with E-state index in [4.69, 9.17) is 4.98 Å². The summed E-state index contributed by atoms with van der Waals surface area (Å²) in [6.07, 6.45) is 1.18. The summed E-state index contributed by atoms with van der Waals surface area (Å²) in [7, 11) is -3.79. The molecule has 6 nitrogen and oxygen atoms in total. The molecule has 1 aliphatic heterocycles. The molecule has 180 valence electrons. The Hall–Kier alpha value is -3.14. The maximum Gasteiger partial charge on any atom is 0.243 e. The van der Waals surface area contributed by atoms with E-state index in [1.807, 2.05) is 36.4 Å². The molecule has 2 heterocycles. The first-order valence-electron chi connectivity index (χ1n) is 11.3. The molecule has 5 rings (SSSR count). The number of nitrogens with zero attached hydrogens (tertiary/aromatic N) is 2. The average molecular weight is 510 g/mol. The first kappa shape index (κ1) is 23.6. The van der Waals surface area contributed by atoms with Crippen molar-refractivity contribution in [2.75, 3.05) is 18.4 Å². The molecule has 1 N–H and O–H groups in total. The van der Waals surface area contributed by atoms with Crippen molar-refractivity contribution >= 4 is 43.2 Å². The van der Waals surface area contributed by atoms with E-state index in [2.05, 4.69) is 18.3 Å². The van der Waals surface area contributed by atoms with E-state index < -0.39 is 21.8 Å². The minimum absolute atomic E-state index is 0.0283. The molecular weight excluding hydrogens is 485 g/mol. The van der Waals surface area contributed by atoms with E-state index in [0.717, 1.165) is 32.9 Å². The highest BCUT2D eigenvalue weighted by Gasteiger charge is 2.33. The molecule has 9 heteroatoms. The first-order valence-corrected chi connectivity index (χ1v) is 13.6. The van der Waals surface area contributed by atoms with Gasteiger partial charge in [0.15, 0.2) is 0 Å². The second kappa shape index (κ2) is 9.49. The van der Waals surface area contributed by atoms with Crippen molar-refractivity contribution in [1.82, 2.24) is 9.29 Å². The number of anilines is 1. The van der Waals surface area contributed by atoms with Crippen LogP contribution < -0.4 is 5.32 Å². The lowest BCUT2D eigenvalue weighted by Gasteiger charge is -2.31. The van der Waals surface area contributed by atoms with Gasteiger partial charge in [-0.3, -0.25) is 4.79 Å². The largest absolute Gasteiger partial charge is 0.326 e. The van der Waals surface area contributed by atoms with Gasteiger partial charge in [-0.1, -0.05) is 6.07 Å². The Labute approximate surface area is 207 Å². The lowest BCUT2D eigenvalue weighted by atomic mass is 9.98. The smallest absolute Gasteiger partial charge is 0.243 e. The third kappa shape index (κ3) is 4.98. The third-order valence-corrected chi connectivity index (χ3v) is 9.10. The predicted octanol–water partition coefficient (Wildman–Crippen LogP) is 5.45. The summed E-state index contributed by atoms with van der Waals surface area (Å²) >= 11 is 1.63. The molecule has 3 aromatic carbocycles. The highest BCUT2D eigenvalue weighted by atomic mass is 32.2. The Bertz CT molecular complexity index is 1480. The first-order chi connectivity index (χ1) is 16.8. The molecule has 1 aromatic heterocycles. The fraction of sp³-hybridized carbons (Fsp3) is 0.231. The number of carbonyl (C=O) groups excluding carboxylic acids is 1. The van der Waals surface area contributed by atoms with Crippen molar-refractivity contribution < 1.29 is 17.6 Å². The molecule has 0 saturated carbocycles. The number of amides is 1. The number of fused-ring (bicyclic) bond motifs is 1. The van der Waals surface area contributed by atoms with Crippen LogP contribution in [0.4, 0.5) is 10.1 Å². The number of piperidine rings is 1. The van der Waals surface area contributed by atoms with Crippen LogP contribution >= 0.6 is 11.3 Å². The number of nitrogens with one attached hydrogen (secondary N) is 1. The van der Waals surface area contributed by atoms with Crippen LogP contribution in [0, 0.1) is 18.7 Å². The quantitative estimate of drug-likeness (QED) is 0.388. The zero-order chi connectivity index (χ0) is 24.6. The van der Waals surface area contributed by atoms with Crippen LogP contribution in [-0.2, 0) is 14.8 Å². The van der Waals surface area contributed by atoms with Crippen molar-refractivity contribution in [2.45, 2.75) is 24.7 Å². The van der Waals surface area contributed by atoms with Crippen LogP contribution in [0.2, 0.25) is 0 Å². The van der Waals surface area contributed by atoms with Crippen molar-refractivity contribution in [3.63, 3.8) is 0 Å². The lowest BCUT2D eigenvalue weighted by molar-refractivity contribution is -0.120. The number of benzene rings is 3. The van der Waals surface area contributed by atoms with E-state index >= 15 is 0 Å². The number of hydrogen-bond acceptors (Lipinski definition) is 5. The maximum atomic E-state index is 13.2. The van der Waals surface area contributed by atoms with Crippen LogP contribution in [0.1, 0.15) is 18.4 Å². The van der Waals surface area contributed by atoms with E-state index in [1.165, 1.54) is 22.0 Å². The average Bonchev–Trinajstić information content (AvgIpc) is 3.28. The second-order valence-corrected chi connectivity index (χ2v) is 11.7. The number of carbonyl (C=O) groups is 1. The highest BCUT2D eigenvalue weighted by molar-refractivity contribution is 7.89. The summed E-state index contributed by atoms with van der Waals surface area (Å²) in [6.45, 7) is 2.48. The minimum Gasteiger partial charge on any atom is -0.326 e. The van der Waals surface area contributed by atoms with Gasteiger partial charge in [-0.25, -0.2) is 17.8 Å². The van der Waals surface area contributed by atoms with Crippen LogP contribution in [0.15, 0.2) is 71.6 Å². The molecule has 1 aliphatic rings. The fourth-order valence-electron chi connectivity index (χ4n) is 4.23. The van der Waals surface area contributed by atoms with Crippen molar-refractivity contribution in [3.05, 3.63) is 78.1 Å². The molecule has 0 radical (unpaired) electrons. The number of hydrogen-bond donors (Lipinski definition) is 1. The van der Waals surface area contributed by atoms with Crippen LogP contribution in [0.5, 0.6) is 0 Å². The van der Waals surface area contributed by atoms with Gasteiger partial charge < -0.3 is 5.32 Å². The monoisotopic (exact) mass is 509 g/mol. The van der Waals surface area contributed by atoms with Gasteiger partial charge >= 0.3 is 0 Å². The Kier molecular flexibility index (Phi) is 6.39. The third-order valence-electron chi connectivity index (χ3n) is 6.15. The number of halogens is 1. The minimum atomic E-state index is -3.79. The Morgan fingerprint density at radius 3 is 2.57 bits per heavy atom. The van der Waals surface area contributed by atoms with Crippen molar-refractivity contribution in [2.24, 2.45) is 5.92 Å². The lowest BCUT2D eigenvalue weighted by Crippen LogP contribution is -2.43. The van der Waals surface area contributed by atoms with E-state index in [1.54, 1.807) is 11.3 Å². The van der Waals surface area contributed by atoms with Crippen LogP contribution in [0.25, 0.3) is 20.8 Å². The maximum absolute atomic E-state index is 13.2. The van der Waals surface area contributed by atoms with E-state index in [0.29, 0.717) is 25.1 Å². The fourth-order valence-corrected chi connectivity index (χ4v) is 6.82. The molecule has 0 bridgehead atoms. The molecule has 1 amide bonds. The Balaban J connectivity index is 1.26. The topological polar surface area (TPSA) is 79.4 Å². The molecule has 1 fully saturated rings. The van der Waals surface area contributed by atoms with Gasteiger partial charge in [0.1, 0.15) is 10.8 Å². The number of rotatable bonds is 5. The van der Waals surface area contributed by atoms with Crippen LogP contribution in [-0.4, -0.2) is 36.7 Å². The summed E-state index contributed by atoms with van der Waals surface area (Å²) in [5.74, 6) is -1.18. The highest BCUT2D eigenvalue weighted by Crippen LogP contribution is 2.31. The van der Waals surface area contributed by atoms with Gasteiger partial charge in [0, 0.05) is 24.3 Å². The summed E-state index contributed by atoms with van der Waals surface area (Å²) < 4.78 is 41.6. The van der Waals surface area contributed by atoms with Gasteiger partial charge in [0.05, 0.1) is 21.0 Å². The van der Waals surface area contributed by atoms with E-state index in [-0.39, 0.29) is 17.3 Å². The Morgan fingerprint density at radius 2 is 1.83 bits per heavy atom. The van der Waals surface area contributed by atoms with Gasteiger partial charge in [0.25, 0.3) is 0 Å². The number of sulfonamides is 1. The molecule has 1 saturated heterocycles. The molecule has 35 heavy (non-hydrogen) atoms. The molecular formula is C26H24FN3O3S2. The zero-order valence-electron chi connectivity index (χ0n) is 19.1. The van der Waals surface area contributed by atoms with E-state index in [9.17, 15) is 17.6 Å². The Morgan fingerprint density at radius 1 is 1.09 bits per heavy atom. The normalized spacial score (nSPS) is 16.9. The summed E-state index contributed by atoms with van der Waals surface area (Å²) in [5.41, 5.74) is 3.77. The molecule has 1 unspecified atom stereocenters. The summed E-state index contributed by atoms with van der Waals surface area (Å²) in [4.78, 5) is 17.7. The zero-order valence-corrected chi connectivity index (χ0v) is 20.7.